The minimum absolute atomic E-state index is 0.174. The molecule has 5 heteroatoms. The second kappa shape index (κ2) is 5.51. The van der Waals surface area contributed by atoms with Crippen molar-refractivity contribution in [3.05, 3.63) is 11.7 Å². The normalized spacial score (nSPS) is 12.0. The quantitative estimate of drug-likeness (QED) is 0.808. The zero-order valence-corrected chi connectivity index (χ0v) is 10.4. The van der Waals surface area contributed by atoms with E-state index in [4.69, 9.17) is 10.3 Å². The summed E-state index contributed by atoms with van der Waals surface area (Å²) < 4.78 is 5.13. The number of hydrogen-bond donors (Lipinski definition) is 1. The number of rotatable bonds is 6. The third kappa shape index (κ3) is 5.18. The molecule has 0 radical (unpaired) electrons. The summed E-state index contributed by atoms with van der Waals surface area (Å²) in [6.07, 6.45) is 1.61. The van der Waals surface area contributed by atoms with E-state index in [9.17, 15) is 0 Å². The first-order valence-corrected chi connectivity index (χ1v) is 6.35. The monoisotopic (exact) mass is 229 g/mol. The van der Waals surface area contributed by atoms with E-state index in [0.717, 1.165) is 30.2 Å². The summed E-state index contributed by atoms with van der Waals surface area (Å²) in [5.41, 5.74) is 5.70. The van der Waals surface area contributed by atoms with Crippen molar-refractivity contribution in [3.63, 3.8) is 0 Å². The Balaban J connectivity index is 2.39. The molecule has 1 aromatic rings. The summed E-state index contributed by atoms with van der Waals surface area (Å²) >= 11 is 1.79. The summed E-state index contributed by atoms with van der Waals surface area (Å²) in [4.78, 5) is 4.30. The summed E-state index contributed by atoms with van der Waals surface area (Å²) in [6, 6.07) is 0. The number of nitrogens with zero attached hydrogens (tertiary/aromatic N) is 2. The average molecular weight is 229 g/mol. The first-order valence-electron chi connectivity index (χ1n) is 5.19. The molecule has 0 aliphatic heterocycles. The Hall–Kier alpha value is -0.550. The molecule has 0 aliphatic rings. The fraction of sp³-hybridized carbons (Fsp3) is 0.800. The van der Waals surface area contributed by atoms with E-state index in [2.05, 4.69) is 17.1 Å². The second-order valence-electron chi connectivity index (χ2n) is 4.23. The largest absolute Gasteiger partial charge is 0.339 e. The van der Waals surface area contributed by atoms with Crippen molar-refractivity contribution < 1.29 is 4.52 Å². The lowest BCUT2D eigenvalue weighted by Crippen LogP contribution is -2.32. The van der Waals surface area contributed by atoms with Crippen molar-refractivity contribution in [1.29, 1.82) is 0 Å². The van der Waals surface area contributed by atoms with E-state index in [0.29, 0.717) is 5.89 Å². The van der Waals surface area contributed by atoms with Gasteiger partial charge in [0.1, 0.15) is 0 Å². The van der Waals surface area contributed by atoms with Gasteiger partial charge in [-0.2, -0.15) is 16.7 Å². The van der Waals surface area contributed by atoms with Gasteiger partial charge in [0.05, 0.1) is 5.75 Å². The van der Waals surface area contributed by atoms with Gasteiger partial charge in [-0.3, -0.25) is 0 Å². The Bertz CT molecular complexity index is 293. The predicted molar refractivity (Wildman–Crippen MR) is 62.7 cm³/mol. The van der Waals surface area contributed by atoms with Crippen molar-refractivity contribution in [2.75, 3.05) is 5.75 Å². The molecule has 1 heterocycles. The molecule has 0 atom stereocenters. The Morgan fingerprint density at radius 1 is 1.47 bits per heavy atom. The zero-order chi connectivity index (χ0) is 11.3. The number of aromatic nitrogens is 2. The molecule has 0 fully saturated rings. The topological polar surface area (TPSA) is 64.9 Å². The molecule has 2 N–H and O–H groups in total. The summed E-state index contributed by atoms with van der Waals surface area (Å²) in [6.45, 7) is 6.11. The molecular formula is C10H19N3OS. The summed E-state index contributed by atoms with van der Waals surface area (Å²) in [5, 5.41) is 3.91. The summed E-state index contributed by atoms with van der Waals surface area (Å²) in [5.74, 6) is 3.37. The van der Waals surface area contributed by atoms with Crippen LogP contribution in [0.2, 0.25) is 0 Å². The van der Waals surface area contributed by atoms with Crippen LogP contribution in [0.3, 0.4) is 0 Å². The molecule has 0 aromatic carbocycles. The van der Waals surface area contributed by atoms with Gasteiger partial charge >= 0.3 is 0 Å². The van der Waals surface area contributed by atoms with Crippen molar-refractivity contribution >= 4 is 11.8 Å². The van der Waals surface area contributed by atoms with Crippen LogP contribution in [0.4, 0.5) is 0 Å². The first kappa shape index (κ1) is 12.5. The van der Waals surface area contributed by atoms with Gasteiger partial charge in [0.2, 0.25) is 5.89 Å². The van der Waals surface area contributed by atoms with Crippen LogP contribution < -0.4 is 5.73 Å². The number of hydrogen-bond acceptors (Lipinski definition) is 5. The third-order valence-corrected chi connectivity index (χ3v) is 2.80. The van der Waals surface area contributed by atoms with Gasteiger partial charge in [-0.1, -0.05) is 12.1 Å². The van der Waals surface area contributed by atoms with Gasteiger partial charge in [0, 0.05) is 12.0 Å². The van der Waals surface area contributed by atoms with Crippen LogP contribution in [0.15, 0.2) is 4.52 Å². The lowest BCUT2D eigenvalue weighted by atomic mass is 10.0. The van der Waals surface area contributed by atoms with Gasteiger partial charge in [-0.05, 0) is 26.0 Å². The SMILES string of the molecule is CCSCc1noc(CCC(C)(C)N)n1. The van der Waals surface area contributed by atoms with Crippen LogP contribution in [0.5, 0.6) is 0 Å². The molecule has 0 amide bonds. The average Bonchev–Trinajstić information content (AvgIpc) is 2.58. The Morgan fingerprint density at radius 3 is 2.80 bits per heavy atom. The standard InChI is InChI=1S/C10H19N3OS/c1-4-15-7-8-12-9(14-13-8)5-6-10(2,3)11/h4-7,11H2,1-3H3. The minimum atomic E-state index is -0.174. The first-order chi connectivity index (χ1) is 7.01. The highest BCUT2D eigenvalue weighted by Gasteiger charge is 2.13. The van der Waals surface area contributed by atoms with Crippen molar-refractivity contribution in [3.8, 4) is 0 Å². The molecule has 0 spiro atoms. The van der Waals surface area contributed by atoms with Crippen LogP contribution in [0.25, 0.3) is 0 Å². The van der Waals surface area contributed by atoms with E-state index >= 15 is 0 Å². The lowest BCUT2D eigenvalue weighted by molar-refractivity contribution is 0.355. The molecule has 0 unspecified atom stereocenters. The maximum atomic E-state index is 5.88. The highest BCUT2D eigenvalue weighted by atomic mass is 32.2. The maximum Gasteiger partial charge on any atom is 0.226 e. The molecule has 4 nitrogen and oxygen atoms in total. The van der Waals surface area contributed by atoms with Crippen LogP contribution in [-0.2, 0) is 12.2 Å². The van der Waals surface area contributed by atoms with E-state index in [1.165, 1.54) is 0 Å². The zero-order valence-electron chi connectivity index (χ0n) is 9.62. The fourth-order valence-electron chi connectivity index (χ4n) is 1.07. The molecule has 0 aliphatic carbocycles. The van der Waals surface area contributed by atoms with Crippen molar-refractivity contribution in [2.45, 2.75) is 44.9 Å². The Kier molecular flexibility index (Phi) is 4.60. The molecule has 0 bridgehead atoms. The van der Waals surface area contributed by atoms with Gasteiger partial charge in [-0.15, -0.1) is 0 Å². The molecule has 0 saturated heterocycles. The Morgan fingerprint density at radius 2 is 2.20 bits per heavy atom. The van der Waals surface area contributed by atoms with Crippen molar-refractivity contribution in [1.82, 2.24) is 10.1 Å². The van der Waals surface area contributed by atoms with Gasteiger partial charge in [0.25, 0.3) is 0 Å². The smallest absolute Gasteiger partial charge is 0.226 e. The molecular weight excluding hydrogens is 210 g/mol. The molecule has 1 rings (SSSR count). The van der Waals surface area contributed by atoms with Crippen LogP contribution >= 0.6 is 11.8 Å². The number of aryl methyl sites for hydroxylation is 1. The maximum absolute atomic E-state index is 5.88. The molecule has 15 heavy (non-hydrogen) atoms. The molecule has 1 aromatic heterocycles. The highest BCUT2D eigenvalue weighted by molar-refractivity contribution is 7.98. The minimum Gasteiger partial charge on any atom is -0.339 e. The van der Waals surface area contributed by atoms with Crippen LogP contribution in [0, 0.1) is 0 Å². The number of nitrogens with two attached hydrogens (primary N) is 1. The van der Waals surface area contributed by atoms with E-state index in [1.807, 2.05) is 13.8 Å². The second-order valence-corrected chi connectivity index (χ2v) is 5.50. The fourth-order valence-corrected chi connectivity index (χ4v) is 1.58. The number of thioether (sulfide) groups is 1. The Labute approximate surface area is 95.0 Å². The van der Waals surface area contributed by atoms with E-state index < -0.39 is 0 Å². The van der Waals surface area contributed by atoms with Gasteiger partial charge in [0.15, 0.2) is 5.82 Å². The highest BCUT2D eigenvalue weighted by Crippen LogP contribution is 2.12. The van der Waals surface area contributed by atoms with E-state index in [-0.39, 0.29) is 5.54 Å². The van der Waals surface area contributed by atoms with Crippen molar-refractivity contribution in [2.24, 2.45) is 5.73 Å². The predicted octanol–water partition coefficient (Wildman–Crippen LogP) is 1.99. The van der Waals surface area contributed by atoms with Gasteiger partial charge < -0.3 is 10.3 Å². The molecule has 0 saturated carbocycles. The van der Waals surface area contributed by atoms with E-state index in [1.54, 1.807) is 11.8 Å². The van der Waals surface area contributed by atoms with Crippen LogP contribution in [0.1, 0.15) is 38.9 Å². The van der Waals surface area contributed by atoms with Crippen LogP contribution in [-0.4, -0.2) is 21.4 Å². The lowest BCUT2D eigenvalue weighted by Gasteiger charge is -2.16. The summed E-state index contributed by atoms with van der Waals surface area (Å²) in [7, 11) is 0. The third-order valence-electron chi connectivity index (χ3n) is 1.93. The molecule has 86 valence electrons. The van der Waals surface area contributed by atoms with Gasteiger partial charge in [-0.25, -0.2) is 0 Å².